The third-order valence-corrected chi connectivity index (χ3v) is 6.00. The molecule has 0 radical (unpaired) electrons. The van der Waals surface area contributed by atoms with E-state index in [4.69, 9.17) is 14.0 Å². The molecular weight excluding hydrogens is 442 g/mol. The Morgan fingerprint density at radius 2 is 1.74 bits per heavy atom. The molecule has 1 saturated carbocycles. The van der Waals surface area contributed by atoms with Crippen molar-refractivity contribution in [3.8, 4) is 0 Å². The summed E-state index contributed by atoms with van der Waals surface area (Å²) in [6.07, 6.45) is 1.97. The first-order valence-electron chi connectivity index (χ1n) is 11.6. The number of nitrogens with one attached hydrogen (secondary N) is 2. The second kappa shape index (κ2) is 12.2. The summed E-state index contributed by atoms with van der Waals surface area (Å²) in [6.45, 7) is 7.49. The third kappa shape index (κ3) is 7.73. The van der Waals surface area contributed by atoms with Crippen molar-refractivity contribution < 1.29 is 33.2 Å². The summed E-state index contributed by atoms with van der Waals surface area (Å²) in [4.78, 5) is 51.5. The Morgan fingerprint density at radius 3 is 2.24 bits per heavy atom. The van der Waals surface area contributed by atoms with Crippen molar-refractivity contribution in [2.24, 2.45) is 17.3 Å². The first kappa shape index (κ1) is 27.7. The maximum Gasteiger partial charge on any atom is 0.290 e. The highest BCUT2D eigenvalue weighted by molar-refractivity contribution is 5.98. The van der Waals surface area contributed by atoms with E-state index in [1.54, 1.807) is 6.92 Å². The van der Waals surface area contributed by atoms with Crippen LogP contribution in [0.5, 0.6) is 0 Å². The number of hydrogen-bond donors (Lipinski definition) is 2. The van der Waals surface area contributed by atoms with Crippen LogP contribution in [0.1, 0.15) is 62.7 Å². The number of carbonyl (C=O) groups excluding carboxylic acids is 4. The lowest BCUT2D eigenvalue weighted by Gasteiger charge is -2.25. The normalized spacial score (nSPS) is 17.0. The lowest BCUT2D eigenvalue weighted by Crippen LogP contribution is -2.49. The monoisotopic (exact) mass is 479 g/mol. The smallest absolute Gasteiger partial charge is 0.290 e. The highest BCUT2D eigenvalue weighted by atomic mass is 16.5. The van der Waals surface area contributed by atoms with E-state index in [-0.39, 0.29) is 42.5 Å². The van der Waals surface area contributed by atoms with Crippen LogP contribution in [0, 0.1) is 24.2 Å². The fourth-order valence-electron chi connectivity index (χ4n) is 3.74. The summed E-state index contributed by atoms with van der Waals surface area (Å²) >= 11 is 0. The van der Waals surface area contributed by atoms with Crippen LogP contribution >= 0.6 is 0 Å². The summed E-state index contributed by atoms with van der Waals surface area (Å²) < 4.78 is 15.2. The number of amides is 2. The second-order valence-electron chi connectivity index (χ2n) is 9.75. The van der Waals surface area contributed by atoms with E-state index in [0.717, 1.165) is 12.8 Å². The van der Waals surface area contributed by atoms with Crippen LogP contribution in [-0.2, 0) is 23.9 Å². The van der Waals surface area contributed by atoms with Gasteiger partial charge in [0.2, 0.25) is 11.7 Å². The zero-order valence-electron chi connectivity index (χ0n) is 20.9. The maximum absolute atomic E-state index is 13.1. The molecule has 2 N–H and O–H groups in total. The zero-order valence-corrected chi connectivity index (χ0v) is 20.9. The number of hydrogen-bond acceptors (Lipinski definition) is 8. The van der Waals surface area contributed by atoms with Crippen LogP contribution in [0.3, 0.4) is 0 Å². The van der Waals surface area contributed by atoms with Gasteiger partial charge in [0.1, 0.15) is 6.04 Å². The van der Waals surface area contributed by atoms with E-state index >= 15 is 0 Å². The number of aryl methyl sites for hydroxylation is 1. The summed E-state index contributed by atoms with van der Waals surface area (Å²) in [5.41, 5.74) is 0.147. The van der Waals surface area contributed by atoms with Gasteiger partial charge < -0.3 is 24.6 Å². The number of Topliss-reactive ketones (excluding diaryl/α,β-unsaturated/α-hetero) is 2. The van der Waals surface area contributed by atoms with Crippen molar-refractivity contribution in [3.05, 3.63) is 17.5 Å². The zero-order chi connectivity index (χ0) is 25.5. The predicted molar refractivity (Wildman–Crippen MR) is 123 cm³/mol. The Bertz CT molecular complexity index is 876. The van der Waals surface area contributed by atoms with Crippen molar-refractivity contribution in [2.45, 2.75) is 65.5 Å². The van der Waals surface area contributed by atoms with Gasteiger partial charge in [0.05, 0.1) is 30.9 Å². The molecule has 0 aromatic carbocycles. The Labute approximate surface area is 200 Å². The Morgan fingerprint density at radius 1 is 1.09 bits per heavy atom. The van der Waals surface area contributed by atoms with Gasteiger partial charge in [-0.1, -0.05) is 25.9 Å². The van der Waals surface area contributed by atoms with Crippen LogP contribution in [0.25, 0.3) is 0 Å². The first-order chi connectivity index (χ1) is 16.0. The summed E-state index contributed by atoms with van der Waals surface area (Å²) in [7, 11) is 2.85. The Kier molecular flexibility index (Phi) is 9.93. The van der Waals surface area contributed by atoms with Crippen molar-refractivity contribution in [2.75, 3.05) is 27.4 Å². The van der Waals surface area contributed by atoms with Gasteiger partial charge in [0.15, 0.2) is 11.6 Å². The van der Waals surface area contributed by atoms with Crippen LogP contribution in [0.4, 0.5) is 0 Å². The van der Waals surface area contributed by atoms with E-state index in [1.807, 2.05) is 20.8 Å². The average Bonchev–Trinajstić information content (AvgIpc) is 3.37. The second-order valence-corrected chi connectivity index (χ2v) is 9.75. The number of nitrogens with zero attached hydrogens (tertiary/aromatic N) is 1. The topological polar surface area (TPSA) is 137 Å². The van der Waals surface area contributed by atoms with Gasteiger partial charge in [-0.2, -0.15) is 0 Å². The summed E-state index contributed by atoms with van der Waals surface area (Å²) in [5.74, 6) is -2.04. The molecule has 1 aromatic heterocycles. The molecule has 1 aliphatic rings. The maximum atomic E-state index is 13.1. The van der Waals surface area contributed by atoms with E-state index in [9.17, 15) is 19.2 Å². The van der Waals surface area contributed by atoms with Gasteiger partial charge in [-0.05, 0) is 32.1 Å². The fraction of sp³-hybridized carbons (Fsp3) is 0.708. The van der Waals surface area contributed by atoms with Crippen molar-refractivity contribution in [1.82, 2.24) is 15.8 Å². The van der Waals surface area contributed by atoms with Gasteiger partial charge >= 0.3 is 0 Å². The highest BCUT2D eigenvalue weighted by Gasteiger charge is 2.48. The SMILES string of the molecule is COC[C@H](CC(=O)[C@H](COC)NC(=O)c1cc(C)no1)C(=O)N[C@@H](CC(C)C)C(=O)C1(C)CC1. The molecule has 1 heterocycles. The van der Waals surface area contributed by atoms with Gasteiger partial charge in [-0.3, -0.25) is 19.2 Å². The standard InChI is InChI=1S/C24H37N3O7/c1-14(2)9-17(21(29)24(4)7-8-24)25-22(30)16(12-32-5)11-19(28)18(13-33-6)26-23(31)20-10-15(3)27-34-20/h10,14,16-18H,7-9,11-13H2,1-6H3,(H,25,30)(H,26,31)/t16-,17-,18-/m0/s1. The van der Waals surface area contributed by atoms with E-state index in [0.29, 0.717) is 12.1 Å². The number of ether oxygens (including phenoxy) is 2. The molecule has 0 spiro atoms. The Hall–Kier alpha value is -2.59. The average molecular weight is 480 g/mol. The number of ketones is 2. The van der Waals surface area contributed by atoms with Gasteiger partial charge in [0.25, 0.3) is 5.91 Å². The number of aromatic nitrogens is 1. The van der Waals surface area contributed by atoms with Crippen LogP contribution in [-0.4, -0.2) is 68.1 Å². The van der Waals surface area contributed by atoms with Crippen LogP contribution in [0.2, 0.25) is 0 Å². The minimum absolute atomic E-state index is 0.00756. The van der Waals surface area contributed by atoms with Crippen molar-refractivity contribution in [1.29, 1.82) is 0 Å². The Balaban J connectivity index is 2.08. The molecule has 1 aliphatic carbocycles. The molecule has 2 rings (SSSR count). The van der Waals surface area contributed by atoms with Gasteiger partial charge in [0, 0.05) is 32.1 Å². The minimum Gasteiger partial charge on any atom is -0.384 e. The molecule has 0 saturated heterocycles. The van der Waals surface area contributed by atoms with Gasteiger partial charge in [-0.25, -0.2) is 0 Å². The van der Waals surface area contributed by atoms with Gasteiger partial charge in [-0.15, -0.1) is 0 Å². The molecular formula is C24H37N3O7. The van der Waals surface area contributed by atoms with E-state index in [1.165, 1.54) is 20.3 Å². The number of rotatable bonds is 15. The molecule has 1 aromatic rings. The fourth-order valence-corrected chi connectivity index (χ4v) is 3.74. The third-order valence-electron chi connectivity index (χ3n) is 6.00. The number of methoxy groups -OCH3 is 2. The van der Waals surface area contributed by atoms with Crippen molar-refractivity contribution >= 4 is 23.4 Å². The first-order valence-corrected chi connectivity index (χ1v) is 11.6. The molecule has 0 unspecified atom stereocenters. The van der Waals surface area contributed by atoms with Crippen LogP contribution in [0.15, 0.2) is 10.6 Å². The lowest BCUT2D eigenvalue weighted by molar-refractivity contribution is -0.135. The van der Waals surface area contributed by atoms with E-state index in [2.05, 4.69) is 15.8 Å². The molecule has 0 aliphatic heterocycles. The molecule has 3 atom stereocenters. The molecule has 1 fully saturated rings. The predicted octanol–water partition coefficient (Wildman–Crippen LogP) is 1.85. The summed E-state index contributed by atoms with van der Waals surface area (Å²) in [5, 5.41) is 9.10. The molecule has 10 nitrogen and oxygen atoms in total. The molecule has 0 bridgehead atoms. The minimum atomic E-state index is -0.992. The van der Waals surface area contributed by atoms with E-state index < -0.39 is 35.6 Å². The summed E-state index contributed by atoms with van der Waals surface area (Å²) in [6, 6.07) is -0.149. The molecule has 10 heteroatoms. The highest BCUT2D eigenvalue weighted by Crippen LogP contribution is 2.47. The molecule has 190 valence electrons. The lowest BCUT2D eigenvalue weighted by atomic mass is 9.90. The largest absolute Gasteiger partial charge is 0.384 e. The van der Waals surface area contributed by atoms with Crippen LogP contribution < -0.4 is 10.6 Å². The molecule has 34 heavy (non-hydrogen) atoms. The quantitative estimate of drug-likeness (QED) is 0.389. The van der Waals surface area contributed by atoms with Crippen molar-refractivity contribution in [3.63, 3.8) is 0 Å². The molecule has 2 amide bonds. The number of carbonyl (C=O) groups is 4.